The van der Waals surface area contributed by atoms with Gasteiger partial charge in [0.05, 0.1) is 18.1 Å². The molecule has 7 heteroatoms. The second-order valence-electron chi connectivity index (χ2n) is 6.45. The van der Waals surface area contributed by atoms with Gasteiger partial charge in [-0.05, 0) is 48.0 Å². The molecule has 0 aliphatic carbocycles. The van der Waals surface area contributed by atoms with Gasteiger partial charge < -0.3 is 13.9 Å². The lowest BCUT2D eigenvalue weighted by molar-refractivity contribution is -0.137. The maximum atomic E-state index is 12.8. The molecule has 0 aliphatic heterocycles. The maximum absolute atomic E-state index is 12.8. The zero-order valence-corrected chi connectivity index (χ0v) is 15.2. The Morgan fingerprint density at radius 2 is 1.66 bits per heavy atom. The Labute approximate surface area is 163 Å². The van der Waals surface area contributed by atoms with E-state index in [0.29, 0.717) is 38.8 Å². The number of hydrogen-bond donors (Lipinski definition) is 0. The summed E-state index contributed by atoms with van der Waals surface area (Å²) in [6.07, 6.45) is -4.41. The minimum Gasteiger partial charge on any atom is -0.497 e. The van der Waals surface area contributed by atoms with E-state index in [1.54, 1.807) is 42.5 Å². The van der Waals surface area contributed by atoms with Gasteiger partial charge in [0.2, 0.25) is 0 Å². The van der Waals surface area contributed by atoms with Gasteiger partial charge >= 0.3 is 11.8 Å². The number of fused-ring (bicyclic) bond motifs is 3. The van der Waals surface area contributed by atoms with E-state index in [1.165, 1.54) is 13.2 Å². The summed E-state index contributed by atoms with van der Waals surface area (Å²) in [5.41, 5.74) is -0.535. The molecule has 4 aromatic rings. The second-order valence-corrected chi connectivity index (χ2v) is 6.45. The highest BCUT2D eigenvalue weighted by atomic mass is 19.4. The number of benzene rings is 3. The van der Waals surface area contributed by atoms with E-state index in [4.69, 9.17) is 13.9 Å². The van der Waals surface area contributed by atoms with E-state index in [0.717, 1.165) is 12.1 Å². The molecule has 0 unspecified atom stereocenters. The number of halogens is 3. The van der Waals surface area contributed by atoms with Crippen molar-refractivity contribution in [3.8, 4) is 11.5 Å². The van der Waals surface area contributed by atoms with Crippen molar-refractivity contribution in [2.75, 3.05) is 7.11 Å². The molecular formula is C22H15F3O4. The Bertz CT molecular complexity index is 1260. The van der Waals surface area contributed by atoms with Gasteiger partial charge in [0.15, 0.2) is 0 Å². The Balaban J connectivity index is 1.64. The van der Waals surface area contributed by atoms with Crippen LogP contribution in [-0.4, -0.2) is 7.11 Å². The molecule has 148 valence electrons. The van der Waals surface area contributed by atoms with E-state index in [9.17, 15) is 18.0 Å². The van der Waals surface area contributed by atoms with Crippen molar-refractivity contribution >= 4 is 21.7 Å². The van der Waals surface area contributed by atoms with Crippen LogP contribution in [0.2, 0.25) is 0 Å². The molecule has 29 heavy (non-hydrogen) atoms. The molecule has 3 aromatic carbocycles. The van der Waals surface area contributed by atoms with Crippen molar-refractivity contribution < 1.29 is 27.1 Å². The molecule has 0 atom stereocenters. The zero-order chi connectivity index (χ0) is 20.6. The summed E-state index contributed by atoms with van der Waals surface area (Å²) in [7, 11) is 1.51. The fourth-order valence-corrected chi connectivity index (χ4v) is 3.11. The third kappa shape index (κ3) is 3.76. The third-order valence-electron chi connectivity index (χ3n) is 4.55. The van der Waals surface area contributed by atoms with E-state index in [-0.39, 0.29) is 6.61 Å². The molecule has 0 fully saturated rings. The fraction of sp³-hybridized carbons (Fsp3) is 0.136. The molecule has 4 rings (SSSR count). The van der Waals surface area contributed by atoms with Crippen molar-refractivity contribution in [3.63, 3.8) is 0 Å². The normalized spacial score (nSPS) is 11.7. The summed E-state index contributed by atoms with van der Waals surface area (Å²) >= 11 is 0. The van der Waals surface area contributed by atoms with E-state index >= 15 is 0 Å². The minimum absolute atomic E-state index is 0.0512. The van der Waals surface area contributed by atoms with Gasteiger partial charge in [-0.25, -0.2) is 4.79 Å². The maximum Gasteiger partial charge on any atom is 0.416 e. The van der Waals surface area contributed by atoms with E-state index in [2.05, 4.69) is 0 Å². The lowest BCUT2D eigenvalue weighted by Crippen LogP contribution is -2.06. The van der Waals surface area contributed by atoms with E-state index in [1.807, 2.05) is 0 Å². The zero-order valence-electron chi connectivity index (χ0n) is 15.2. The molecule has 0 N–H and O–H groups in total. The number of rotatable bonds is 4. The largest absolute Gasteiger partial charge is 0.497 e. The first-order valence-corrected chi connectivity index (χ1v) is 8.69. The number of methoxy groups -OCH3 is 1. The van der Waals surface area contributed by atoms with Crippen LogP contribution in [0.5, 0.6) is 11.5 Å². The first-order chi connectivity index (χ1) is 13.8. The highest BCUT2D eigenvalue weighted by Crippen LogP contribution is 2.31. The highest BCUT2D eigenvalue weighted by molar-refractivity contribution is 6.04. The highest BCUT2D eigenvalue weighted by Gasteiger charge is 2.30. The van der Waals surface area contributed by atoms with E-state index < -0.39 is 17.4 Å². The smallest absolute Gasteiger partial charge is 0.416 e. The second kappa shape index (κ2) is 7.16. The Morgan fingerprint density at radius 1 is 0.897 bits per heavy atom. The van der Waals surface area contributed by atoms with Gasteiger partial charge in [-0.15, -0.1) is 0 Å². The summed E-state index contributed by atoms with van der Waals surface area (Å²) < 4.78 is 54.6. The average molecular weight is 400 g/mol. The fourth-order valence-electron chi connectivity index (χ4n) is 3.11. The van der Waals surface area contributed by atoms with Crippen LogP contribution in [0, 0.1) is 0 Å². The first kappa shape index (κ1) is 18.9. The van der Waals surface area contributed by atoms with Crippen LogP contribution in [0.4, 0.5) is 13.2 Å². The van der Waals surface area contributed by atoms with Crippen LogP contribution in [0.25, 0.3) is 21.7 Å². The summed E-state index contributed by atoms with van der Waals surface area (Å²) in [5.74, 6) is 0.927. The van der Waals surface area contributed by atoms with Crippen LogP contribution < -0.4 is 15.1 Å². The lowest BCUT2D eigenvalue weighted by atomic mass is 10.1. The monoisotopic (exact) mass is 400 g/mol. The molecule has 0 bridgehead atoms. The molecule has 0 saturated heterocycles. The molecule has 0 aliphatic rings. The van der Waals surface area contributed by atoms with Crippen molar-refractivity contribution in [1.29, 1.82) is 0 Å². The topological polar surface area (TPSA) is 48.7 Å². The summed E-state index contributed by atoms with van der Waals surface area (Å²) in [4.78, 5) is 12.3. The summed E-state index contributed by atoms with van der Waals surface area (Å²) in [6, 6.07) is 15.0. The molecule has 0 spiro atoms. The molecule has 4 nitrogen and oxygen atoms in total. The van der Waals surface area contributed by atoms with Gasteiger partial charge in [-0.3, -0.25) is 0 Å². The molecule has 0 amide bonds. The predicted molar refractivity (Wildman–Crippen MR) is 102 cm³/mol. The van der Waals surface area contributed by atoms with Gasteiger partial charge in [-0.1, -0.05) is 12.1 Å². The number of ether oxygens (including phenoxy) is 2. The molecule has 0 saturated carbocycles. The van der Waals surface area contributed by atoms with Crippen LogP contribution in [-0.2, 0) is 12.8 Å². The number of hydrogen-bond acceptors (Lipinski definition) is 4. The quantitative estimate of drug-likeness (QED) is 0.333. The van der Waals surface area contributed by atoms with Gasteiger partial charge in [0, 0.05) is 16.8 Å². The van der Waals surface area contributed by atoms with Crippen LogP contribution in [0.3, 0.4) is 0 Å². The Morgan fingerprint density at radius 3 is 2.41 bits per heavy atom. The SMILES string of the molecule is COc1ccc2c(c1)c(=O)oc1cc(OCc3cccc(C(F)(F)F)c3)ccc12. The summed E-state index contributed by atoms with van der Waals surface area (Å²) in [6.45, 7) is -0.0512. The third-order valence-corrected chi connectivity index (χ3v) is 4.55. The lowest BCUT2D eigenvalue weighted by Gasteiger charge is -2.11. The van der Waals surface area contributed by atoms with Gasteiger partial charge in [-0.2, -0.15) is 13.2 Å². The van der Waals surface area contributed by atoms with Crippen LogP contribution in [0.15, 0.2) is 69.9 Å². The van der Waals surface area contributed by atoms with Crippen LogP contribution in [0.1, 0.15) is 11.1 Å². The van der Waals surface area contributed by atoms with Gasteiger partial charge in [0.1, 0.15) is 23.7 Å². The molecule has 0 radical (unpaired) electrons. The summed E-state index contributed by atoms with van der Waals surface area (Å²) in [5, 5.41) is 1.82. The average Bonchev–Trinajstić information content (AvgIpc) is 2.71. The molecular weight excluding hydrogens is 385 g/mol. The molecule has 1 aromatic heterocycles. The van der Waals surface area contributed by atoms with Crippen molar-refractivity contribution in [2.45, 2.75) is 12.8 Å². The van der Waals surface area contributed by atoms with Crippen molar-refractivity contribution in [3.05, 3.63) is 82.2 Å². The standard InChI is InChI=1S/C22H15F3O4/c1-27-15-5-7-17-18-8-6-16(11-20(18)29-21(26)19(17)10-15)28-12-13-3-2-4-14(9-13)22(23,24)25/h2-11H,12H2,1H3. The first-order valence-electron chi connectivity index (χ1n) is 8.69. The van der Waals surface area contributed by atoms with Crippen molar-refractivity contribution in [1.82, 2.24) is 0 Å². The number of alkyl halides is 3. The van der Waals surface area contributed by atoms with Crippen LogP contribution >= 0.6 is 0 Å². The molecule has 1 heterocycles. The Kier molecular flexibility index (Phi) is 4.66. The van der Waals surface area contributed by atoms with Gasteiger partial charge in [0.25, 0.3) is 0 Å². The minimum atomic E-state index is -4.41. The Hall–Kier alpha value is -3.48. The predicted octanol–water partition coefficient (Wildman–Crippen LogP) is 5.55. The van der Waals surface area contributed by atoms with Crippen molar-refractivity contribution in [2.24, 2.45) is 0 Å².